The summed E-state index contributed by atoms with van der Waals surface area (Å²) in [5.41, 5.74) is 5.56. The van der Waals surface area contributed by atoms with Crippen molar-refractivity contribution in [1.29, 1.82) is 0 Å². The fourth-order valence-corrected chi connectivity index (χ4v) is 2.23. The second-order valence-electron chi connectivity index (χ2n) is 3.38. The Morgan fingerprint density at radius 2 is 2.12 bits per heavy atom. The minimum atomic E-state index is 0.484. The average Bonchev–Trinajstić information content (AvgIpc) is 2.74. The molecule has 0 radical (unpaired) electrons. The molecular formula is C11H14N4S. The fourth-order valence-electron chi connectivity index (χ4n) is 1.33. The number of nitrogens with one attached hydrogen (secondary N) is 1. The van der Waals surface area contributed by atoms with E-state index in [1.54, 1.807) is 12.3 Å². The lowest BCUT2D eigenvalue weighted by Gasteiger charge is -2.02. The highest BCUT2D eigenvalue weighted by Gasteiger charge is 2.00. The van der Waals surface area contributed by atoms with Crippen LogP contribution in [0.25, 0.3) is 0 Å². The van der Waals surface area contributed by atoms with E-state index >= 15 is 0 Å². The van der Waals surface area contributed by atoms with Crippen LogP contribution in [0, 0.1) is 0 Å². The van der Waals surface area contributed by atoms with Crippen molar-refractivity contribution in [2.24, 2.45) is 0 Å². The Bertz CT molecular complexity index is 467. The quantitative estimate of drug-likeness (QED) is 0.852. The van der Waals surface area contributed by atoms with E-state index in [9.17, 15) is 0 Å². The lowest BCUT2D eigenvalue weighted by Crippen LogP contribution is -2.03. The molecular weight excluding hydrogens is 220 g/mol. The molecule has 0 saturated carbocycles. The maximum absolute atomic E-state index is 5.56. The number of aromatic nitrogens is 2. The first-order chi connectivity index (χ1) is 7.78. The normalized spacial score (nSPS) is 10.3. The maximum Gasteiger partial charge on any atom is 0.224 e. The summed E-state index contributed by atoms with van der Waals surface area (Å²) in [6, 6.07) is 5.95. The molecule has 4 nitrogen and oxygen atoms in total. The van der Waals surface area contributed by atoms with Gasteiger partial charge in [0.25, 0.3) is 0 Å². The fraction of sp³-hybridized carbons (Fsp3) is 0.273. The Hall–Kier alpha value is -1.62. The van der Waals surface area contributed by atoms with Crippen molar-refractivity contribution in [2.75, 3.05) is 11.1 Å². The Morgan fingerprint density at radius 1 is 1.31 bits per heavy atom. The lowest BCUT2D eigenvalue weighted by atomic mass is 10.4. The van der Waals surface area contributed by atoms with Gasteiger partial charge in [-0.1, -0.05) is 6.92 Å². The van der Waals surface area contributed by atoms with Gasteiger partial charge in [-0.2, -0.15) is 4.98 Å². The van der Waals surface area contributed by atoms with Gasteiger partial charge in [-0.3, -0.25) is 0 Å². The summed E-state index contributed by atoms with van der Waals surface area (Å²) in [6.07, 6.45) is 2.73. The molecule has 0 amide bonds. The predicted molar refractivity (Wildman–Crippen MR) is 67.5 cm³/mol. The third kappa shape index (κ3) is 2.70. The highest BCUT2D eigenvalue weighted by molar-refractivity contribution is 7.12. The van der Waals surface area contributed by atoms with Crippen LogP contribution in [0.4, 0.5) is 11.8 Å². The van der Waals surface area contributed by atoms with Crippen LogP contribution in [-0.2, 0) is 13.0 Å². The van der Waals surface area contributed by atoms with Gasteiger partial charge in [0.1, 0.15) is 5.82 Å². The summed E-state index contributed by atoms with van der Waals surface area (Å²) in [5.74, 6) is 1.06. The molecule has 0 bridgehead atoms. The lowest BCUT2D eigenvalue weighted by molar-refractivity contribution is 1.08. The first-order valence-corrected chi connectivity index (χ1v) is 5.99. The van der Waals surface area contributed by atoms with Crippen molar-refractivity contribution in [1.82, 2.24) is 9.97 Å². The highest BCUT2D eigenvalue weighted by atomic mass is 32.1. The zero-order valence-corrected chi connectivity index (χ0v) is 9.92. The first-order valence-electron chi connectivity index (χ1n) is 5.18. The van der Waals surface area contributed by atoms with Crippen LogP contribution in [0.2, 0.25) is 0 Å². The second kappa shape index (κ2) is 4.94. The number of thiophene rings is 1. The van der Waals surface area contributed by atoms with Gasteiger partial charge in [-0.25, -0.2) is 4.98 Å². The van der Waals surface area contributed by atoms with Crippen molar-refractivity contribution in [3.05, 3.63) is 34.2 Å². The molecule has 0 fully saturated rings. The molecule has 0 aliphatic heterocycles. The molecule has 16 heavy (non-hydrogen) atoms. The van der Waals surface area contributed by atoms with E-state index in [-0.39, 0.29) is 0 Å². The molecule has 2 heterocycles. The molecule has 5 heteroatoms. The van der Waals surface area contributed by atoms with Crippen molar-refractivity contribution >= 4 is 23.1 Å². The summed E-state index contributed by atoms with van der Waals surface area (Å²) in [5, 5.41) is 3.15. The molecule has 2 rings (SSSR count). The number of nitrogen functional groups attached to an aromatic ring is 1. The van der Waals surface area contributed by atoms with Gasteiger partial charge in [0, 0.05) is 16.0 Å². The number of nitrogens with zero attached hydrogens (tertiary/aromatic N) is 2. The molecule has 0 unspecified atom stereocenters. The van der Waals surface area contributed by atoms with E-state index in [0.717, 1.165) is 13.0 Å². The molecule has 0 spiro atoms. The summed E-state index contributed by atoms with van der Waals surface area (Å²) in [7, 11) is 0. The third-order valence-electron chi connectivity index (χ3n) is 2.16. The SMILES string of the molecule is CCc1ccc(CNc2nccc(N)n2)s1. The van der Waals surface area contributed by atoms with Crippen molar-refractivity contribution in [3.8, 4) is 0 Å². The van der Waals surface area contributed by atoms with E-state index in [4.69, 9.17) is 5.73 Å². The van der Waals surface area contributed by atoms with E-state index in [0.29, 0.717) is 11.8 Å². The average molecular weight is 234 g/mol. The van der Waals surface area contributed by atoms with Gasteiger partial charge < -0.3 is 11.1 Å². The van der Waals surface area contributed by atoms with E-state index in [1.165, 1.54) is 9.75 Å². The third-order valence-corrected chi connectivity index (χ3v) is 3.39. The van der Waals surface area contributed by atoms with Crippen molar-refractivity contribution in [3.63, 3.8) is 0 Å². The number of hydrogen-bond acceptors (Lipinski definition) is 5. The summed E-state index contributed by atoms with van der Waals surface area (Å²) >= 11 is 1.81. The predicted octanol–water partition coefficient (Wildman–Crippen LogP) is 2.29. The van der Waals surface area contributed by atoms with Crippen molar-refractivity contribution < 1.29 is 0 Å². The highest BCUT2D eigenvalue weighted by Crippen LogP contribution is 2.17. The smallest absolute Gasteiger partial charge is 0.224 e. The molecule has 0 aliphatic carbocycles. The van der Waals surface area contributed by atoms with Gasteiger partial charge >= 0.3 is 0 Å². The summed E-state index contributed by atoms with van der Waals surface area (Å²) < 4.78 is 0. The van der Waals surface area contributed by atoms with Crippen LogP contribution < -0.4 is 11.1 Å². The zero-order valence-electron chi connectivity index (χ0n) is 9.10. The Morgan fingerprint density at radius 3 is 2.81 bits per heavy atom. The van der Waals surface area contributed by atoms with Crippen LogP contribution in [0.3, 0.4) is 0 Å². The molecule has 0 saturated heterocycles. The van der Waals surface area contributed by atoms with Gasteiger partial charge in [-0.05, 0) is 24.6 Å². The number of anilines is 2. The summed E-state index contributed by atoms with van der Waals surface area (Å²) in [6.45, 7) is 2.90. The molecule has 84 valence electrons. The number of hydrogen-bond donors (Lipinski definition) is 2. The van der Waals surface area contributed by atoms with Crippen LogP contribution in [0.15, 0.2) is 24.4 Å². The monoisotopic (exact) mass is 234 g/mol. The van der Waals surface area contributed by atoms with Crippen LogP contribution in [0.1, 0.15) is 16.7 Å². The number of rotatable bonds is 4. The molecule has 2 aromatic heterocycles. The minimum Gasteiger partial charge on any atom is -0.384 e. The zero-order chi connectivity index (χ0) is 11.4. The topological polar surface area (TPSA) is 63.8 Å². The van der Waals surface area contributed by atoms with Gasteiger partial charge in [0.05, 0.1) is 6.54 Å². The van der Waals surface area contributed by atoms with Gasteiger partial charge in [0.2, 0.25) is 5.95 Å². The molecule has 0 atom stereocenters. The number of nitrogens with two attached hydrogens (primary N) is 1. The Balaban J connectivity index is 1.96. The van der Waals surface area contributed by atoms with E-state index in [1.807, 2.05) is 11.3 Å². The standard InChI is InChI=1S/C11H14N4S/c1-2-8-3-4-9(16-8)7-14-11-13-6-5-10(12)15-11/h3-6H,2,7H2,1H3,(H3,12,13,14,15). The second-order valence-corrected chi connectivity index (χ2v) is 4.63. The molecule has 0 aliphatic rings. The van der Waals surface area contributed by atoms with Crippen LogP contribution in [-0.4, -0.2) is 9.97 Å². The molecule has 3 N–H and O–H groups in total. The number of aryl methyl sites for hydroxylation is 1. The van der Waals surface area contributed by atoms with Gasteiger partial charge in [0.15, 0.2) is 0 Å². The largest absolute Gasteiger partial charge is 0.384 e. The van der Waals surface area contributed by atoms with Crippen LogP contribution in [0.5, 0.6) is 0 Å². The van der Waals surface area contributed by atoms with E-state index in [2.05, 4.69) is 34.3 Å². The Kier molecular flexibility index (Phi) is 3.36. The van der Waals surface area contributed by atoms with Crippen molar-refractivity contribution in [2.45, 2.75) is 19.9 Å². The minimum absolute atomic E-state index is 0.484. The molecule has 0 aromatic carbocycles. The maximum atomic E-state index is 5.56. The van der Waals surface area contributed by atoms with Gasteiger partial charge in [-0.15, -0.1) is 11.3 Å². The Labute approximate surface area is 98.6 Å². The summed E-state index contributed by atoms with van der Waals surface area (Å²) in [4.78, 5) is 10.8. The molecule has 2 aromatic rings. The first kappa shape index (κ1) is 10.9. The van der Waals surface area contributed by atoms with Crippen LogP contribution >= 0.6 is 11.3 Å². The van der Waals surface area contributed by atoms with E-state index < -0.39 is 0 Å².